The Labute approximate surface area is 85.0 Å². The largest absolute Gasteiger partial charge is 0.522 e. The van der Waals surface area contributed by atoms with E-state index in [1.807, 2.05) is 0 Å². The van der Waals surface area contributed by atoms with E-state index in [1.54, 1.807) is 24.1 Å². The molecule has 0 fully saturated rings. The van der Waals surface area contributed by atoms with Gasteiger partial charge in [-0.25, -0.2) is 0 Å². The van der Waals surface area contributed by atoms with Gasteiger partial charge in [0, 0.05) is 31.9 Å². The lowest BCUT2D eigenvalue weighted by atomic mass is 10.3. The van der Waals surface area contributed by atoms with Crippen molar-refractivity contribution in [1.29, 1.82) is 0 Å². The average Bonchev–Trinajstić information content (AvgIpc) is 2.49. The van der Waals surface area contributed by atoms with Gasteiger partial charge in [0.25, 0.3) is 0 Å². The zero-order chi connectivity index (χ0) is 11.3. The summed E-state index contributed by atoms with van der Waals surface area (Å²) in [5.74, 6) is 0. The molecule has 86 valence electrons. The van der Waals surface area contributed by atoms with E-state index < -0.39 is 6.36 Å². The minimum atomic E-state index is -4.55. The molecule has 1 aromatic rings. The van der Waals surface area contributed by atoms with Crippen LogP contribution in [0.1, 0.15) is 5.56 Å². The summed E-state index contributed by atoms with van der Waals surface area (Å²) in [7, 11) is 1.77. The number of halogens is 3. The summed E-state index contributed by atoms with van der Waals surface area (Å²) in [4.78, 5) is 0. The van der Waals surface area contributed by atoms with Crippen LogP contribution in [0.3, 0.4) is 0 Å². The van der Waals surface area contributed by atoms with Gasteiger partial charge in [-0.3, -0.25) is 9.42 Å². The first kappa shape index (κ1) is 12.0. The summed E-state index contributed by atoms with van der Waals surface area (Å²) in [6.07, 6.45) is -1.11. The van der Waals surface area contributed by atoms with Crippen LogP contribution in [0.5, 0.6) is 0 Å². The molecule has 0 spiro atoms. The highest BCUT2D eigenvalue weighted by Gasteiger charge is 2.28. The van der Waals surface area contributed by atoms with Crippen LogP contribution in [0.15, 0.2) is 12.4 Å². The maximum Gasteiger partial charge on any atom is 0.522 e. The minimum Gasteiger partial charge on any atom is -0.310 e. The van der Waals surface area contributed by atoms with Crippen molar-refractivity contribution in [3.63, 3.8) is 0 Å². The molecular weight excluding hydrogens is 211 g/mol. The number of nitrogens with zero attached hydrogens (tertiary/aromatic N) is 2. The first-order chi connectivity index (χ1) is 6.97. The number of nitrogens with one attached hydrogen (secondary N) is 1. The second-order valence-electron chi connectivity index (χ2n) is 2.99. The van der Waals surface area contributed by atoms with Crippen molar-refractivity contribution in [2.75, 3.05) is 13.2 Å². The Balaban J connectivity index is 2.07. The molecule has 1 rings (SSSR count). The zero-order valence-electron chi connectivity index (χ0n) is 8.21. The lowest BCUT2D eigenvalue weighted by Gasteiger charge is -2.07. The van der Waals surface area contributed by atoms with Crippen LogP contribution < -0.4 is 5.32 Å². The number of aromatic nitrogens is 2. The second kappa shape index (κ2) is 5.13. The molecule has 0 aliphatic heterocycles. The fraction of sp³-hybridized carbons (Fsp3) is 0.625. The fourth-order valence-electron chi connectivity index (χ4n) is 1.03. The SMILES string of the molecule is Cn1cc(CNCCOC(F)(F)F)cn1. The van der Waals surface area contributed by atoms with Crippen molar-refractivity contribution in [3.05, 3.63) is 18.0 Å². The van der Waals surface area contributed by atoms with Crippen LogP contribution in [0.4, 0.5) is 13.2 Å². The smallest absolute Gasteiger partial charge is 0.310 e. The molecule has 0 aliphatic rings. The fourth-order valence-corrected chi connectivity index (χ4v) is 1.03. The highest BCUT2D eigenvalue weighted by Crippen LogP contribution is 2.15. The Kier molecular flexibility index (Phi) is 4.10. The van der Waals surface area contributed by atoms with Gasteiger partial charge in [0.05, 0.1) is 12.8 Å². The van der Waals surface area contributed by atoms with Gasteiger partial charge >= 0.3 is 6.36 Å². The van der Waals surface area contributed by atoms with Crippen molar-refractivity contribution in [3.8, 4) is 0 Å². The summed E-state index contributed by atoms with van der Waals surface area (Å²) in [6, 6.07) is 0. The summed E-state index contributed by atoms with van der Waals surface area (Å²) in [5.41, 5.74) is 0.921. The first-order valence-corrected chi connectivity index (χ1v) is 4.36. The molecular formula is C8H12F3N3O. The molecule has 1 N–H and O–H groups in total. The van der Waals surface area contributed by atoms with Crippen molar-refractivity contribution in [2.24, 2.45) is 7.05 Å². The Hall–Kier alpha value is -1.08. The van der Waals surface area contributed by atoms with Gasteiger partial charge in [0.15, 0.2) is 0 Å². The van der Waals surface area contributed by atoms with Crippen molar-refractivity contribution < 1.29 is 17.9 Å². The summed E-state index contributed by atoms with van der Waals surface area (Å²) < 4.78 is 39.9. The maximum absolute atomic E-state index is 11.5. The maximum atomic E-state index is 11.5. The predicted molar refractivity (Wildman–Crippen MR) is 46.9 cm³/mol. The third kappa shape index (κ3) is 5.38. The molecule has 7 heteroatoms. The van der Waals surface area contributed by atoms with Crippen molar-refractivity contribution in [2.45, 2.75) is 12.9 Å². The Morgan fingerprint density at radius 1 is 1.53 bits per heavy atom. The molecule has 15 heavy (non-hydrogen) atoms. The van der Waals surface area contributed by atoms with E-state index in [4.69, 9.17) is 0 Å². The highest BCUT2D eigenvalue weighted by molar-refractivity contribution is 5.02. The summed E-state index contributed by atoms with van der Waals surface area (Å²) in [5, 5.41) is 6.73. The average molecular weight is 223 g/mol. The molecule has 0 aliphatic carbocycles. The van der Waals surface area contributed by atoms with Gasteiger partial charge in [0.1, 0.15) is 0 Å². The number of alkyl halides is 3. The number of ether oxygens (including phenoxy) is 1. The van der Waals surface area contributed by atoms with Crippen LogP contribution in [0.2, 0.25) is 0 Å². The van der Waals surface area contributed by atoms with Gasteiger partial charge in [-0.15, -0.1) is 13.2 Å². The molecule has 0 radical (unpaired) electrons. The van der Waals surface area contributed by atoms with Gasteiger partial charge in [-0.05, 0) is 0 Å². The molecule has 0 atom stereocenters. The van der Waals surface area contributed by atoms with Crippen LogP contribution in [0.25, 0.3) is 0 Å². The van der Waals surface area contributed by atoms with E-state index in [-0.39, 0.29) is 13.2 Å². The minimum absolute atomic E-state index is 0.147. The molecule has 1 aromatic heterocycles. The van der Waals surface area contributed by atoms with Crippen molar-refractivity contribution in [1.82, 2.24) is 15.1 Å². The summed E-state index contributed by atoms with van der Waals surface area (Å²) in [6.45, 7) is 0.243. The van der Waals surface area contributed by atoms with Crippen LogP contribution in [-0.2, 0) is 18.3 Å². The molecule has 1 heterocycles. The summed E-state index contributed by atoms with van der Waals surface area (Å²) >= 11 is 0. The van der Waals surface area contributed by atoms with E-state index in [2.05, 4.69) is 15.2 Å². The van der Waals surface area contributed by atoms with Crippen LogP contribution in [-0.4, -0.2) is 29.3 Å². The predicted octanol–water partition coefficient (Wildman–Crippen LogP) is 1.05. The third-order valence-electron chi connectivity index (χ3n) is 1.63. The number of hydrogen-bond donors (Lipinski definition) is 1. The second-order valence-corrected chi connectivity index (χ2v) is 2.99. The van der Waals surface area contributed by atoms with Crippen molar-refractivity contribution >= 4 is 0 Å². The van der Waals surface area contributed by atoms with Gasteiger partial charge < -0.3 is 5.32 Å². The lowest BCUT2D eigenvalue weighted by molar-refractivity contribution is -0.323. The molecule has 0 unspecified atom stereocenters. The quantitative estimate of drug-likeness (QED) is 0.758. The van der Waals surface area contributed by atoms with Gasteiger partial charge in [-0.2, -0.15) is 5.10 Å². The lowest BCUT2D eigenvalue weighted by Crippen LogP contribution is -2.23. The first-order valence-electron chi connectivity index (χ1n) is 4.36. The van der Waals surface area contributed by atoms with E-state index in [0.717, 1.165) is 5.56 Å². The van der Waals surface area contributed by atoms with E-state index in [0.29, 0.717) is 6.54 Å². The highest BCUT2D eigenvalue weighted by atomic mass is 19.4. The molecule has 0 bridgehead atoms. The Morgan fingerprint density at radius 2 is 2.27 bits per heavy atom. The van der Waals surface area contributed by atoms with E-state index in [1.165, 1.54) is 0 Å². The Bertz CT molecular complexity index is 298. The number of rotatable bonds is 5. The standard InChI is InChI=1S/C8H12F3N3O/c1-14-6-7(5-13-14)4-12-2-3-15-8(9,10)11/h5-6,12H,2-4H2,1H3. The monoisotopic (exact) mass is 223 g/mol. The number of hydrogen-bond acceptors (Lipinski definition) is 3. The van der Waals surface area contributed by atoms with E-state index >= 15 is 0 Å². The molecule has 4 nitrogen and oxygen atoms in total. The third-order valence-corrected chi connectivity index (χ3v) is 1.63. The molecule has 0 saturated heterocycles. The molecule has 0 aromatic carbocycles. The molecule has 0 saturated carbocycles. The molecule has 0 amide bonds. The number of aryl methyl sites for hydroxylation is 1. The van der Waals surface area contributed by atoms with Crippen LogP contribution >= 0.6 is 0 Å². The van der Waals surface area contributed by atoms with E-state index in [9.17, 15) is 13.2 Å². The normalized spacial score (nSPS) is 12.0. The van der Waals surface area contributed by atoms with Gasteiger partial charge in [0.2, 0.25) is 0 Å². The Morgan fingerprint density at radius 3 is 2.80 bits per heavy atom. The topological polar surface area (TPSA) is 39.1 Å². The van der Waals surface area contributed by atoms with Gasteiger partial charge in [-0.1, -0.05) is 0 Å². The van der Waals surface area contributed by atoms with Crippen LogP contribution in [0, 0.1) is 0 Å². The zero-order valence-corrected chi connectivity index (χ0v) is 8.21.